The van der Waals surface area contributed by atoms with Gasteiger partial charge in [-0.05, 0) is 25.1 Å². The quantitative estimate of drug-likeness (QED) is 0.742. The highest BCUT2D eigenvalue weighted by molar-refractivity contribution is 5.61. The second-order valence-electron chi connectivity index (χ2n) is 7.09. The van der Waals surface area contributed by atoms with Crippen LogP contribution in [0.2, 0.25) is 0 Å². The Hall–Kier alpha value is -3.02. The highest BCUT2D eigenvalue weighted by atomic mass is 16.5. The number of pyridine rings is 2. The van der Waals surface area contributed by atoms with Gasteiger partial charge in [0.2, 0.25) is 0 Å². The monoisotopic (exact) mass is 361 g/mol. The Kier molecular flexibility index (Phi) is 4.71. The zero-order chi connectivity index (χ0) is 18.8. The number of fused-ring (bicyclic) bond motifs is 1. The van der Waals surface area contributed by atoms with E-state index >= 15 is 0 Å². The lowest BCUT2D eigenvalue weighted by atomic mass is 9.98. The molecule has 1 N–H and O–H groups in total. The SMILES string of the molecule is Cc1ccc(-c2cc(NC[C@@H](C)c3ccnc4c3OC[C@H]4C)ncn2)cn1. The highest BCUT2D eigenvalue weighted by Crippen LogP contribution is 2.38. The molecule has 2 atom stereocenters. The highest BCUT2D eigenvalue weighted by Gasteiger charge is 2.26. The summed E-state index contributed by atoms with van der Waals surface area (Å²) in [6.07, 6.45) is 5.29. The first kappa shape index (κ1) is 17.4. The Balaban J connectivity index is 1.48. The molecule has 0 bridgehead atoms. The Morgan fingerprint density at radius 1 is 1.19 bits per heavy atom. The smallest absolute Gasteiger partial charge is 0.144 e. The van der Waals surface area contributed by atoms with Crippen LogP contribution in [-0.2, 0) is 0 Å². The number of hydrogen-bond acceptors (Lipinski definition) is 6. The zero-order valence-corrected chi connectivity index (χ0v) is 15.8. The Morgan fingerprint density at radius 3 is 2.89 bits per heavy atom. The van der Waals surface area contributed by atoms with Crippen LogP contribution in [0.15, 0.2) is 43.0 Å². The summed E-state index contributed by atoms with van der Waals surface area (Å²) in [6.45, 7) is 7.75. The second-order valence-corrected chi connectivity index (χ2v) is 7.09. The van der Waals surface area contributed by atoms with Crippen LogP contribution >= 0.6 is 0 Å². The van der Waals surface area contributed by atoms with Crippen LogP contribution in [-0.4, -0.2) is 33.1 Å². The third kappa shape index (κ3) is 3.60. The maximum Gasteiger partial charge on any atom is 0.144 e. The minimum atomic E-state index is 0.270. The van der Waals surface area contributed by atoms with Gasteiger partial charge in [0.05, 0.1) is 18.0 Å². The lowest BCUT2D eigenvalue weighted by Crippen LogP contribution is -2.12. The molecular weight excluding hydrogens is 338 g/mol. The van der Waals surface area contributed by atoms with E-state index in [0.717, 1.165) is 40.8 Å². The summed E-state index contributed by atoms with van der Waals surface area (Å²) in [5.74, 6) is 2.37. The molecule has 0 fully saturated rings. The molecule has 6 nitrogen and oxygen atoms in total. The van der Waals surface area contributed by atoms with Crippen molar-refractivity contribution in [3.63, 3.8) is 0 Å². The number of hydrogen-bond donors (Lipinski definition) is 1. The first-order valence-corrected chi connectivity index (χ1v) is 9.22. The molecule has 0 saturated carbocycles. The summed E-state index contributed by atoms with van der Waals surface area (Å²) in [7, 11) is 0. The van der Waals surface area contributed by atoms with E-state index in [2.05, 4.69) is 39.1 Å². The van der Waals surface area contributed by atoms with Crippen molar-refractivity contribution in [3.8, 4) is 17.0 Å². The Morgan fingerprint density at radius 2 is 2.07 bits per heavy atom. The van der Waals surface area contributed by atoms with Crippen LogP contribution in [0.4, 0.5) is 5.82 Å². The van der Waals surface area contributed by atoms with E-state index in [4.69, 9.17) is 4.74 Å². The van der Waals surface area contributed by atoms with Crippen molar-refractivity contribution in [2.75, 3.05) is 18.5 Å². The third-order valence-electron chi connectivity index (χ3n) is 4.90. The molecule has 0 amide bonds. The lowest BCUT2D eigenvalue weighted by molar-refractivity contribution is 0.333. The molecule has 0 unspecified atom stereocenters. The number of aryl methyl sites for hydroxylation is 1. The predicted octanol–water partition coefficient (Wildman–Crippen LogP) is 3.95. The van der Waals surface area contributed by atoms with Gasteiger partial charge in [-0.15, -0.1) is 0 Å². The molecule has 3 aromatic heterocycles. The van der Waals surface area contributed by atoms with Gasteiger partial charge in [-0.25, -0.2) is 9.97 Å². The first-order chi connectivity index (χ1) is 13.1. The van der Waals surface area contributed by atoms with Crippen LogP contribution < -0.4 is 10.1 Å². The lowest BCUT2D eigenvalue weighted by Gasteiger charge is -2.16. The minimum Gasteiger partial charge on any atom is -0.491 e. The molecule has 1 aliphatic heterocycles. The minimum absolute atomic E-state index is 0.270. The summed E-state index contributed by atoms with van der Waals surface area (Å²) >= 11 is 0. The Bertz CT molecular complexity index is 942. The fourth-order valence-corrected chi connectivity index (χ4v) is 3.26. The molecule has 1 aliphatic rings. The standard InChI is InChI=1S/C21H23N5O/c1-13(17-6-7-22-20-14(2)11-27-21(17)20)9-24-19-8-18(25-12-26-19)16-5-4-15(3)23-10-16/h4-8,10,12-14H,9,11H2,1-3H3,(H,24,25,26)/t13-,14-/m1/s1. The van der Waals surface area contributed by atoms with Crippen molar-refractivity contribution in [2.45, 2.75) is 32.6 Å². The fourth-order valence-electron chi connectivity index (χ4n) is 3.26. The summed E-state index contributed by atoms with van der Waals surface area (Å²) in [5, 5.41) is 3.42. The molecule has 0 aromatic carbocycles. The molecule has 3 aromatic rings. The van der Waals surface area contributed by atoms with Crippen molar-refractivity contribution < 1.29 is 4.74 Å². The van der Waals surface area contributed by atoms with Crippen molar-refractivity contribution >= 4 is 5.82 Å². The largest absolute Gasteiger partial charge is 0.491 e. The van der Waals surface area contributed by atoms with Gasteiger partial charge in [0.1, 0.15) is 17.9 Å². The molecule has 4 heterocycles. The van der Waals surface area contributed by atoms with Crippen molar-refractivity contribution in [1.29, 1.82) is 0 Å². The number of anilines is 1. The van der Waals surface area contributed by atoms with Gasteiger partial charge in [0.15, 0.2) is 0 Å². The van der Waals surface area contributed by atoms with Gasteiger partial charge in [-0.3, -0.25) is 9.97 Å². The second kappa shape index (κ2) is 7.31. The molecule has 27 heavy (non-hydrogen) atoms. The van der Waals surface area contributed by atoms with E-state index in [0.29, 0.717) is 12.5 Å². The van der Waals surface area contributed by atoms with E-state index in [1.807, 2.05) is 43.6 Å². The number of aromatic nitrogens is 4. The van der Waals surface area contributed by atoms with E-state index < -0.39 is 0 Å². The molecular formula is C21H23N5O. The fraction of sp³-hybridized carbons (Fsp3) is 0.333. The molecule has 4 rings (SSSR count). The number of rotatable bonds is 5. The molecule has 6 heteroatoms. The number of ether oxygens (including phenoxy) is 1. The van der Waals surface area contributed by atoms with Gasteiger partial charge in [-0.1, -0.05) is 13.8 Å². The van der Waals surface area contributed by atoms with Crippen LogP contribution in [0, 0.1) is 6.92 Å². The summed E-state index contributed by atoms with van der Waals surface area (Å²) < 4.78 is 5.88. The number of nitrogens with one attached hydrogen (secondary N) is 1. The van der Waals surface area contributed by atoms with Gasteiger partial charge in [0, 0.05) is 53.7 Å². The summed E-state index contributed by atoms with van der Waals surface area (Å²) in [5.41, 5.74) is 5.08. The summed E-state index contributed by atoms with van der Waals surface area (Å²) in [4.78, 5) is 17.5. The van der Waals surface area contributed by atoms with Crippen molar-refractivity contribution in [3.05, 3.63) is 59.9 Å². The molecule has 0 saturated heterocycles. The topological polar surface area (TPSA) is 72.8 Å². The molecule has 0 spiro atoms. The van der Waals surface area contributed by atoms with Crippen LogP contribution in [0.5, 0.6) is 5.75 Å². The zero-order valence-electron chi connectivity index (χ0n) is 15.8. The van der Waals surface area contributed by atoms with Crippen LogP contribution in [0.25, 0.3) is 11.3 Å². The van der Waals surface area contributed by atoms with Gasteiger partial charge >= 0.3 is 0 Å². The van der Waals surface area contributed by atoms with Gasteiger partial charge < -0.3 is 10.1 Å². The third-order valence-corrected chi connectivity index (χ3v) is 4.90. The molecule has 138 valence electrons. The van der Waals surface area contributed by atoms with Crippen molar-refractivity contribution in [2.24, 2.45) is 0 Å². The predicted molar refractivity (Wildman–Crippen MR) is 105 cm³/mol. The maximum atomic E-state index is 5.88. The van der Waals surface area contributed by atoms with Crippen LogP contribution in [0.1, 0.15) is 42.6 Å². The number of nitrogens with zero attached hydrogens (tertiary/aromatic N) is 4. The van der Waals surface area contributed by atoms with Crippen molar-refractivity contribution in [1.82, 2.24) is 19.9 Å². The van der Waals surface area contributed by atoms with E-state index in [9.17, 15) is 0 Å². The van der Waals surface area contributed by atoms with E-state index in [1.54, 1.807) is 6.33 Å². The summed E-state index contributed by atoms with van der Waals surface area (Å²) in [6, 6.07) is 8.01. The Labute approximate surface area is 159 Å². The normalized spacial score (nSPS) is 16.5. The van der Waals surface area contributed by atoms with E-state index in [-0.39, 0.29) is 5.92 Å². The van der Waals surface area contributed by atoms with Gasteiger partial charge in [-0.2, -0.15) is 0 Å². The average Bonchev–Trinajstić information content (AvgIpc) is 3.08. The average molecular weight is 361 g/mol. The maximum absolute atomic E-state index is 5.88. The molecule has 0 aliphatic carbocycles. The van der Waals surface area contributed by atoms with E-state index in [1.165, 1.54) is 5.56 Å². The van der Waals surface area contributed by atoms with Crippen LogP contribution in [0.3, 0.4) is 0 Å². The van der Waals surface area contributed by atoms with Gasteiger partial charge in [0.25, 0.3) is 0 Å². The molecule has 0 radical (unpaired) electrons. The first-order valence-electron chi connectivity index (χ1n) is 9.22.